The number of nitrogens with one attached hydrogen (secondary N) is 1. The molecule has 1 heterocycles. The van der Waals surface area contributed by atoms with Crippen LogP contribution in [0, 0.1) is 0 Å². The number of rotatable bonds is 3. The molecule has 0 saturated heterocycles. The Balaban J connectivity index is 1.71. The summed E-state index contributed by atoms with van der Waals surface area (Å²) in [6.45, 7) is 0. The van der Waals surface area contributed by atoms with Crippen molar-refractivity contribution in [3.05, 3.63) is 18.0 Å². The van der Waals surface area contributed by atoms with E-state index in [0.717, 1.165) is 31.4 Å². The van der Waals surface area contributed by atoms with Gasteiger partial charge in [-0.15, -0.1) is 0 Å². The quantitative estimate of drug-likeness (QED) is 0.862. The van der Waals surface area contributed by atoms with Gasteiger partial charge in [-0.3, -0.25) is 4.79 Å². The van der Waals surface area contributed by atoms with Crippen LogP contribution in [-0.4, -0.2) is 16.5 Å². The van der Waals surface area contributed by atoms with Gasteiger partial charge in [0, 0.05) is 18.3 Å². The normalized spacial score (nSPS) is 20.9. The Morgan fingerprint density at radius 2 is 1.94 bits per heavy atom. The molecule has 1 aromatic heterocycles. The Bertz CT molecular complexity index is 442. The zero-order valence-electron chi connectivity index (χ0n) is 10.7. The van der Waals surface area contributed by atoms with Crippen LogP contribution in [0.2, 0.25) is 0 Å². The second-order valence-corrected chi connectivity index (χ2v) is 5.61. The van der Waals surface area contributed by atoms with E-state index in [1.807, 2.05) is 10.8 Å². The molecule has 0 aromatic carbocycles. The maximum atomic E-state index is 12.3. The average molecular weight is 247 g/mol. The number of nitrogens with zero attached hydrogens (tertiary/aromatic N) is 1. The summed E-state index contributed by atoms with van der Waals surface area (Å²) in [4.78, 5) is 12.3. The van der Waals surface area contributed by atoms with Crippen LogP contribution in [0.15, 0.2) is 12.3 Å². The van der Waals surface area contributed by atoms with Crippen molar-refractivity contribution < 1.29 is 4.79 Å². The third-order valence-corrected chi connectivity index (χ3v) is 3.98. The standard InChI is InChI=1S/C14H21N3O/c15-10-8-13(17(9-10)12-6-7-12)14(18)16-11-4-2-1-3-5-11/h8-9,11-12H,1-7,15H2,(H,16,18). The topological polar surface area (TPSA) is 60.1 Å². The molecular weight excluding hydrogens is 226 g/mol. The Morgan fingerprint density at radius 1 is 1.22 bits per heavy atom. The lowest BCUT2D eigenvalue weighted by molar-refractivity contribution is 0.0918. The summed E-state index contributed by atoms with van der Waals surface area (Å²) >= 11 is 0. The van der Waals surface area contributed by atoms with Crippen LogP contribution < -0.4 is 11.1 Å². The van der Waals surface area contributed by atoms with Crippen molar-refractivity contribution >= 4 is 11.6 Å². The van der Waals surface area contributed by atoms with E-state index in [1.54, 1.807) is 6.07 Å². The molecule has 3 rings (SSSR count). The number of anilines is 1. The summed E-state index contributed by atoms with van der Waals surface area (Å²) in [5.74, 6) is 0.0468. The first-order valence-corrected chi connectivity index (χ1v) is 7.02. The van der Waals surface area contributed by atoms with Gasteiger partial charge in [-0.05, 0) is 31.7 Å². The minimum Gasteiger partial charge on any atom is -0.397 e. The predicted molar refractivity (Wildman–Crippen MR) is 71.5 cm³/mol. The summed E-state index contributed by atoms with van der Waals surface area (Å²) < 4.78 is 2.05. The third kappa shape index (κ3) is 2.37. The lowest BCUT2D eigenvalue weighted by atomic mass is 9.95. The second kappa shape index (κ2) is 4.67. The maximum Gasteiger partial charge on any atom is 0.268 e. The zero-order valence-corrected chi connectivity index (χ0v) is 10.7. The molecule has 2 saturated carbocycles. The van der Waals surface area contributed by atoms with Crippen molar-refractivity contribution in [1.29, 1.82) is 0 Å². The van der Waals surface area contributed by atoms with Crippen molar-refractivity contribution in [2.75, 3.05) is 5.73 Å². The largest absolute Gasteiger partial charge is 0.397 e. The average Bonchev–Trinajstić information content (AvgIpc) is 3.13. The molecule has 4 nitrogen and oxygen atoms in total. The molecule has 0 spiro atoms. The van der Waals surface area contributed by atoms with Crippen LogP contribution in [-0.2, 0) is 0 Å². The second-order valence-electron chi connectivity index (χ2n) is 5.61. The molecule has 1 amide bonds. The van der Waals surface area contributed by atoms with E-state index in [1.165, 1.54) is 19.3 Å². The first-order valence-electron chi connectivity index (χ1n) is 7.02. The third-order valence-electron chi connectivity index (χ3n) is 3.98. The van der Waals surface area contributed by atoms with Gasteiger partial charge in [0.1, 0.15) is 5.69 Å². The molecular formula is C14H21N3O. The van der Waals surface area contributed by atoms with Gasteiger partial charge in [0.05, 0.1) is 5.69 Å². The van der Waals surface area contributed by atoms with Crippen LogP contribution in [0.3, 0.4) is 0 Å². The predicted octanol–water partition coefficient (Wildman–Crippen LogP) is 2.47. The van der Waals surface area contributed by atoms with Crippen LogP contribution in [0.4, 0.5) is 5.69 Å². The van der Waals surface area contributed by atoms with E-state index in [-0.39, 0.29) is 5.91 Å². The van der Waals surface area contributed by atoms with E-state index in [2.05, 4.69) is 5.32 Å². The fraction of sp³-hybridized carbons (Fsp3) is 0.643. The van der Waals surface area contributed by atoms with Crippen molar-refractivity contribution in [3.8, 4) is 0 Å². The van der Waals surface area contributed by atoms with Gasteiger partial charge < -0.3 is 15.6 Å². The molecule has 3 N–H and O–H groups in total. The van der Waals surface area contributed by atoms with E-state index in [9.17, 15) is 4.79 Å². The van der Waals surface area contributed by atoms with Crippen molar-refractivity contribution in [1.82, 2.24) is 9.88 Å². The zero-order chi connectivity index (χ0) is 12.5. The van der Waals surface area contributed by atoms with Gasteiger partial charge in [-0.25, -0.2) is 0 Å². The molecule has 2 aliphatic rings. The van der Waals surface area contributed by atoms with Gasteiger partial charge in [0.25, 0.3) is 5.91 Å². The van der Waals surface area contributed by atoms with Crippen molar-refractivity contribution in [3.63, 3.8) is 0 Å². The van der Waals surface area contributed by atoms with Crippen LogP contribution in [0.1, 0.15) is 61.5 Å². The van der Waals surface area contributed by atoms with Gasteiger partial charge in [-0.2, -0.15) is 0 Å². The number of hydrogen-bond acceptors (Lipinski definition) is 2. The number of nitrogens with two attached hydrogens (primary N) is 1. The summed E-state index contributed by atoms with van der Waals surface area (Å²) in [7, 11) is 0. The number of hydrogen-bond donors (Lipinski definition) is 2. The van der Waals surface area contributed by atoms with Crippen LogP contribution in [0.25, 0.3) is 0 Å². The highest BCUT2D eigenvalue weighted by Crippen LogP contribution is 2.37. The smallest absolute Gasteiger partial charge is 0.268 e. The molecule has 0 atom stereocenters. The van der Waals surface area contributed by atoms with Crippen LogP contribution in [0.5, 0.6) is 0 Å². The summed E-state index contributed by atoms with van der Waals surface area (Å²) in [6.07, 6.45) is 10.2. The van der Waals surface area contributed by atoms with Crippen molar-refractivity contribution in [2.24, 2.45) is 0 Å². The molecule has 0 unspecified atom stereocenters. The minimum absolute atomic E-state index is 0.0468. The minimum atomic E-state index is 0.0468. The van der Waals surface area contributed by atoms with Crippen molar-refractivity contribution in [2.45, 2.75) is 57.0 Å². The monoisotopic (exact) mass is 247 g/mol. The highest BCUT2D eigenvalue weighted by atomic mass is 16.2. The first-order chi connectivity index (χ1) is 8.74. The Kier molecular flexibility index (Phi) is 3.02. The summed E-state index contributed by atoms with van der Waals surface area (Å²) in [5, 5.41) is 3.16. The Hall–Kier alpha value is -1.45. The molecule has 4 heteroatoms. The molecule has 2 aliphatic carbocycles. The van der Waals surface area contributed by atoms with Gasteiger partial charge in [0.2, 0.25) is 0 Å². The van der Waals surface area contributed by atoms with Crippen LogP contribution >= 0.6 is 0 Å². The Labute approximate surface area is 108 Å². The first kappa shape index (κ1) is 11.6. The summed E-state index contributed by atoms with van der Waals surface area (Å²) in [5.41, 5.74) is 7.24. The fourth-order valence-electron chi connectivity index (χ4n) is 2.84. The number of carbonyl (C=O) groups is 1. The van der Waals surface area contributed by atoms with E-state index >= 15 is 0 Å². The highest BCUT2D eigenvalue weighted by molar-refractivity contribution is 5.94. The lowest BCUT2D eigenvalue weighted by Crippen LogP contribution is -2.37. The molecule has 98 valence electrons. The van der Waals surface area contributed by atoms with E-state index < -0.39 is 0 Å². The van der Waals surface area contributed by atoms with Gasteiger partial charge in [-0.1, -0.05) is 19.3 Å². The Morgan fingerprint density at radius 3 is 2.61 bits per heavy atom. The SMILES string of the molecule is Nc1cc(C(=O)NC2CCCCC2)n(C2CC2)c1. The molecule has 18 heavy (non-hydrogen) atoms. The number of nitrogen functional groups attached to an aromatic ring is 1. The lowest BCUT2D eigenvalue weighted by Gasteiger charge is -2.23. The highest BCUT2D eigenvalue weighted by Gasteiger charge is 2.28. The maximum absolute atomic E-state index is 12.3. The van der Waals surface area contributed by atoms with E-state index in [4.69, 9.17) is 5.73 Å². The summed E-state index contributed by atoms with van der Waals surface area (Å²) in [6, 6.07) is 2.65. The number of carbonyl (C=O) groups excluding carboxylic acids is 1. The van der Waals surface area contributed by atoms with Gasteiger partial charge in [0.15, 0.2) is 0 Å². The van der Waals surface area contributed by atoms with E-state index in [0.29, 0.717) is 17.8 Å². The number of aromatic nitrogens is 1. The molecule has 0 aliphatic heterocycles. The molecule has 0 radical (unpaired) electrons. The van der Waals surface area contributed by atoms with Gasteiger partial charge >= 0.3 is 0 Å². The fourth-order valence-corrected chi connectivity index (χ4v) is 2.84. The number of amides is 1. The molecule has 1 aromatic rings. The molecule has 2 fully saturated rings. The molecule has 0 bridgehead atoms.